The molecule has 2 aromatic rings. The van der Waals surface area contributed by atoms with Crippen molar-refractivity contribution in [1.82, 2.24) is 10.2 Å². The van der Waals surface area contributed by atoms with Gasteiger partial charge >= 0.3 is 6.03 Å². The van der Waals surface area contributed by atoms with Crippen molar-refractivity contribution in [1.29, 1.82) is 5.26 Å². The fourth-order valence-corrected chi connectivity index (χ4v) is 4.76. The van der Waals surface area contributed by atoms with Crippen LogP contribution in [0.2, 0.25) is 0 Å². The molecule has 0 spiro atoms. The van der Waals surface area contributed by atoms with Crippen LogP contribution >= 0.6 is 0 Å². The van der Waals surface area contributed by atoms with Gasteiger partial charge in [-0.1, -0.05) is 12.1 Å². The van der Waals surface area contributed by atoms with Crippen LogP contribution < -0.4 is 10.6 Å². The Morgan fingerprint density at radius 2 is 1.73 bits per heavy atom. The average Bonchev–Trinajstić information content (AvgIpc) is 2.77. The summed E-state index contributed by atoms with van der Waals surface area (Å²) < 4.78 is 24.3. The minimum absolute atomic E-state index is 0.0440. The van der Waals surface area contributed by atoms with Gasteiger partial charge in [-0.25, -0.2) is 13.2 Å². The van der Waals surface area contributed by atoms with E-state index in [2.05, 4.69) is 16.7 Å². The Kier molecular flexibility index (Phi) is 7.39. The van der Waals surface area contributed by atoms with Crippen LogP contribution in [0.4, 0.5) is 10.5 Å². The second kappa shape index (κ2) is 10.0. The lowest BCUT2D eigenvalue weighted by molar-refractivity contribution is 0.0713. The van der Waals surface area contributed by atoms with Crippen LogP contribution in [-0.2, 0) is 9.84 Å². The molecule has 0 unspecified atom stereocenters. The first-order chi connectivity index (χ1) is 15.6. The van der Waals surface area contributed by atoms with Crippen molar-refractivity contribution < 1.29 is 18.0 Å². The van der Waals surface area contributed by atoms with E-state index in [1.165, 1.54) is 18.2 Å². The topological polar surface area (TPSA) is 119 Å². The maximum atomic E-state index is 13.1. The van der Waals surface area contributed by atoms with Crippen molar-refractivity contribution in [3.63, 3.8) is 0 Å². The quantitative estimate of drug-likeness (QED) is 0.696. The molecule has 0 atom stereocenters. The van der Waals surface area contributed by atoms with Crippen LogP contribution in [-0.4, -0.2) is 50.6 Å². The predicted octanol–water partition coefficient (Wildman–Crippen LogP) is 3.51. The van der Waals surface area contributed by atoms with E-state index in [-0.39, 0.29) is 22.5 Å². The second-order valence-electron chi connectivity index (χ2n) is 8.54. The summed E-state index contributed by atoms with van der Waals surface area (Å²) >= 11 is 0. The van der Waals surface area contributed by atoms with Crippen LogP contribution in [0.15, 0.2) is 47.4 Å². The third-order valence-electron chi connectivity index (χ3n) is 5.59. The first kappa shape index (κ1) is 24.3. The Bertz CT molecular complexity index is 1180. The van der Waals surface area contributed by atoms with Crippen molar-refractivity contribution in [2.45, 2.75) is 43.5 Å². The van der Waals surface area contributed by atoms with Gasteiger partial charge in [0.05, 0.1) is 22.2 Å². The van der Waals surface area contributed by atoms with Gasteiger partial charge in [-0.3, -0.25) is 4.79 Å². The molecule has 9 heteroatoms. The summed E-state index contributed by atoms with van der Waals surface area (Å²) in [7, 11) is -3.61. The Hall–Kier alpha value is -3.38. The Labute approximate surface area is 194 Å². The highest BCUT2D eigenvalue weighted by atomic mass is 32.2. The number of benzene rings is 2. The molecule has 0 aliphatic carbocycles. The molecule has 1 saturated heterocycles. The fraction of sp³-hybridized carbons (Fsp3) is 0.375. The highest BCUT2D eigenvalue weighted by molar-refractivity contribution is 7.90. The number of amides is 3. The third kappa shape index (κ3) is 6.11. The molecular formula is C24H28N4O4S. The molecule has 2 aromatic carbocycles. The second-order valence-corrected chi connectivity index (χ2v) is 10.5. The summed E-state index contributed by atoms with van der Waals surface area (Å²) in [5.74, 6) is 0.104. The molecule has 2 N–H and O–H groups in total. The zero-order valence-corrected chi connectivity index (χ0v) is 19.8. The molecule has 8 nitrogen and oxygen atoms in total. The molecule has 0 radical (unpaired) electrons. The summed E-state index contributed by atoms with van der Waals surface area (Å²) in [5, 5.41) is 14.2. The van der Waals surface area contributed by atoms with Crippen LogP contribution in [0.5, 0.6) is 0 Å². The summed E-state index contributed by atoms with van der Waals surface area (Å²) in [6.07, 6.45) is 2.64. The van der Waals surface area contributed by atoms with Crippen LogP contribution in [0, 0.1) is 11.3 Å². The van der Waals surface area contributed by atoms with Gasteiger partial charge in [-0.05, 0) is 68.5 Å². The van der Waals surface area contributed by atoms with Gasteiger partial charge in [0, 0.05) is 31.0 Å². The van der Waals surface area contributed by atoms with E-state index in [0.717, 1.165) is 24.7 Å². The van der Waals surface area contributed by atoms with Crippen molar-refractivity contribution in [2.24, 2.45) is 0 Å². The van der Waals surface area contributed by atoms with Gasteiger partial charge in [0.25, 0.3) is 5.91 Å². The van der Waals surface area contributed by atoms with Gasteiger partial charge in [-0.2, -0.15) is 5.26 Å². The van der Waals surface area contributed by atoms with Crippen LogP contribution in [0.1, 0.15) is 54.1 Å². The van der Waals surface area contributed by atoms with E-state index in [0.29, 0.717) is 30.1 Å². The molecule has 1 aliphatic rings. The molecule has 0 aromatic heterocycles. The largest absolute Gasteiger partial charge is 0.339 e. The van der Waals surface area contributed by atoms with E-state index in [1.807, 2.05) is 12.1 Å². The first-order valence-corrected chi connectivity index (χ1v) is 12.7. The Balaban J connectivity index is 1.74. The first-order valence-electron chi connectivity index (χ1n) is 10.8. The number of nitrogens with one attached hydrogen (secondary N) is 2. The molecule has 3 amide bonds. The summed E-state index contributed by atoms with van der Waals surface area (Å²) in [6.45, 7) is 4.71. The van der Waals surface area contributed by atoms with Gasteiger partial charge in [0.15, 0.2) is 9.84 Å². The number of rotatable bonds is 5. The van der Waals surface area contributed by atoms with Crippen molar-refractivity contribution >= 4 is 27.5 Å². The number of urea groups is 1. The number of hydrogen-bond acceptors (Lipinski definition) is 5. The summed E-state index contributed by atoms with van der Waals surface area (Å²) in [5.41, 5.74) is 2.17. The number of sulfone groups is 1. The number of hydrogen-bond donors (Lipinski definition) is 2. The van der Waals surface area contributed by atoms with Gasteiger partial charge < -0.3 is 15.5 Å². The number of nitrogens with zero attached hydrogens (tertiary/aromatic N) is 2. The molecule has 1 heterocycles. The van der Waals surface area contributed by atoms with E-state index < -0.39 is 15.9 Å². The number of piperidine rings is 1. The molecular weight excluding hydrogens is 440 g/mol. The number of nitriles is 1. The van der Waals surface area contributed by atoms with Gasteiger partial charge in [0.2, 0.25) is 0 Å². The number of carbonyl (C=O) groups excluding carboxylic acids is 2. The van der Waals surface area contributed by atoms with Crippen LogP contribution in [0.25, 0.3) is 0 Å². The SMILES string of the molecule is CC(C)NC(=O)Nc1cc(C(=O)N2CCC(c3ccc(C#N)cc3)CC2)ccc1S(C)(=O)=O. The zero-order valence-electron chi connectivity index (χ0n) is 19.0. The molecule has 0 saturated carbocycles. The monoisotopic (exact) mass is 468 g/mol. The fourth-order valence-electron chi connectivity index (χ4n) is 3.93. The molecule has 1 aliphatic heterocycles. The lowest BCUT2D eigenvalue weighted by Gasteiger charge is -2.32. The molecule has 3 rings (SSSR count). The van der Waals surface area contributed by atoms with Crippen molar-refractivity contribution in [3.05, 3.63) is 59.2 Å². The number of likely N-dealkylation sites (tertiary alicyclic amines) is 1. The molecule has 0 bridgehead atoms. The van der Waals surface area contributed by atoms with E-state index in [4.69, 9.17) is 5.26 Å². The van der Waals surface area contributed by atoms with E-state index in [9.17, 15) is 18.0 Å². The molecule has 33 heavy (non-hydrogen) atoms. The van der Waals surface area contributed by atoms with E-state index >= 15 is 0 Å². The van der Waals surface area contributed by atoms with Gasteiger partial charge in [-0.15, -0.1) is 0 Å². The summed E-state index contributed by atoms with van der Waals surface area (Å²) in [4.78, 5) is 27.0. The lowest BCUT2D eigenvalue weighted by atomic mass is 9.89. The minimum Gasteiger partial charge on any atom is -0.339 e. The summed E-state index contributed by atoms with van der Waals surface area (Å²) in [6, 6.07) is 13.2. The minimum atomic E-state index is -3.61. The highest BCUT2D eigenvalue weighted by Crippen LogP contribution is 2.30. The van der Waals surface area contributed by atoms with E-state index in [1.54, 1.807) is 30.9 Å². The smallest absolute Gasteiger partial charge is 0.319 e. The van der Waals surface area contributed by atoms with Crippen LogP contribution in [0.3, 0.4) is 0 Å². The predicted molar refractivity (Wildman–Crippen MR) is 126 cm³/mol. The number of carbonyl (C=O) groups is 2. The number of anilines is 1. The maximum absolute atomic E-state index is 13.1. The Morgan fingerprint density at radius 1 is 1.09 bits per heavy atom. The zero-order chi connectivity index (χ0) is 24.2. The lowest BCUT2D eigenvalue weighted by Crippen LogP contribution is -2.38. The highest BCUT2D eigenvalue weighted by Gasteiger charge is 2.26. The van der Waals surface area contributed by atoms with Crippen molar-refractivity contribution in [2.75, 3.05) is 24.7 Å². The average molecular weight is 469 g/mol. The Morgan fingerprint density at radius 3 is 2.27 bits per heavy atom. The van der Waals surface area contributed by atoms with Gasteiger partial charge in [0.1, 0.15) is 0 Å². The third-order valence-corrected chi connectivity index (χ3v) is 6.74. The standard InChI is InChI=1S/C24H28N4O4S/c1-16(2)26-24(30)27-21-14-20(8-9-22(21)33(3,31)32)23(29)28-12-10-19(11-13-28)18-6-4-17(15-25)5-7-18/h4-9,14,16,19H,10-13H2,1-3H3,(H2,26,27,30). The molecule has 1 fully saturated rings. The normalized spacial score (nSPS) is 14.6. The maximum Gasteiger partial charge on any atom is 0.319 e. The molecule has 174 valence electrons. The van der Waals surface area contributed by atoms with Crippen molar-refractivity contribution in [3.8, 4) is 6.07 Å².